The molecule has 2 unspecified atom stereocenters. The van der Waals surface area contributed by atoms with Crippen LogP contribution in [0.1, 0.15) is 30.2 Å². The molecular weight excluding hydrogens is 260 g/mol. The van der Waals surface area contributed by atoms with E-state index in [1.807, 2.05) is 73.7 Å². The van der Waals surface area contributed by atoms with Crippen molar-refractivity contribution >= 4 is 0 Å². The van der Waals surface area contributed by atoms with Gasteiger partial charge in [0, 0.05) is 12.1 Å². The Labute approximate surface area is 124 Å². The van der Waals surface area contributed by atoms with E-state index in [-0.39, 0.29) is 5.92 Å². The summed E-state index contributed by atoms with van der Waals surface area (Å²) in [5, 5.41) is 15.1. The second kappa shape index (κ2) is 5.94. The molecule has 2 aromatic carbocycles. The van der Waals surface area contributed by atoms with Crippen LogP contribution < -0.4 is 0 Å². The summed E-state index contributed by atoms with van der Waals surface area (Å²) in [6.45, 7) is 2.03. The summed E-state index contributed by atoms with van der Waals surface area (Å²) in [6.07, 6.45) is 1.12. The van der Waals surface area contributed by atoms with E-state index < -0.39 is 6.10 Å². The van der Waals surface area contributed by atoms with Crippen LogP contribution in [0.5, 0.6) is 0 Å². The van der Waals surface area contributed by atoms with Crippen LogP contribution in [0.15, 0.2) is 72.9 Å². The Bertz CT molecular complexity index is 692. The Morgan fingerprint density at radius 1 is 0.905 bits per heavy atom. The minimum absolute atomic E-state index is 0.00497. The summed E-state index contributed by atoms with van der Waals surface area (Å²) in [5.74, 6) is 0.00497. The molecule has 1 N–H and O–H groups in total. The minimum Gasteiger partial charge on any atom is -0.386 e. The predicted molar refractivity (Wildman–Crippen MR) is 83.4 cm³/mol. The highest BCUT2D eigenvalue weighted by molar-refractivity contribution is 5.34. The molecule has 0 saturated carbocycles. The van der Waals surface area contributed by atoms with Crippen molar-refractivity contribution in [3.8, 4) is 5.69 Å². The fourth-order valence-corrected chi connectivity index (χ4v) is 2.52. The lowest BCUT2D eigenvalue weighted by Crippen LogP contribution is -2.13. The van der Waals surface area contributed by atoms with E-state index in [0.29, 0.717) is 0 Å². The molecule has 1 aromatic heterocycles. The van der Waals surface area contributed by atoms with E-state index in [9.17, 15) is 5.11 Å². The first-order valence-corrected chi connectivity index (χ1v) is 7.10. The highest BCUT2D eigenvalue weighted by Gasteiger charge is 2.22. The first-order valence-electron chi connectivity index (χ1n) is 7.10. The van der Waals surface area contributed by atoms with Gasteiger partial charge in [0.2, 0.25) is 0 Å². The van der Waals surface area contributed by atoms with E-state index in [1.165, 1.54) is 0 Å². The van der Waals surface area contributed by atoms with Gasteiger partial charge in [-0.1, -0.05) is 55.5 Å². The third kappa shape index (κ3) is 2.73. The Balaban J connectivity index is 1.93. The number of benzene rings is 2. The Kier molecular flexibility index (Phi) is 3.84. The fraction of sp³-hybridized carbons (Fsp3) is 0.167. The van der Waals surface area contributed by atoms with Crippen molar-refractivity contribution in [3.05, 3.63) is 84.2 Å². The van der Waals surface area contributed by atoms with Gasteiger partial charge < -0.3 is 5.11 Å². The van der Waals surface area contributed by atoms with Gasteiger partial charge in [-0.25, -0.2) is 4.68 Å². The molecule has 0 spiro atoms. The van der Waals surface area contributed by atoms with Crippen LogP contribution in [0.3, 0.4) is 0 Å². The van der Waals surface area contributed by atoms with E-state index in [0.717, 1.165) is 16.9 Å². The number of aromatic nitrogens is 2. The molecule has 2 atom stereocenters. The lowest BCUT2D eigenvalue weighted by Gasteiger charge is -2.20. The van der Waals surface area contributed by atoms with Crippen molar-refractivity contribution in [1.82, 2.24) is 9.78 Å². The molecule has 1 heterocycles. The number of aliphatic hydroxyl groups excluding tert-OH is 1. The van der Waals surface area contributed by atoms with Crippen LogP contribution in [0.25, 0.3) is 5.69 Å². The van der Waals surface area contributed by atoms with Crippen LogP contribution in [0, 0.1) is 0 Å². The second-order valence-electron chi connectivity index (χ2n) is 5.15. The minimum atomic E-state index is -0.602. The lowest BCUT2D eigenvalue weighted by atomic mass is 9.93. The van der Waals surface area contributed by atoms with Gasteiger partial charge in [0.15, 0.2) is 0 Å². The first-order chi connectivity index (χ1) is 10.3. The smallest absolute Gasteiger partial charge is 0.103 e. The van der Waals surface area contributed by atoms with Crippen LogP contribution >= 0.6 is 0 Å². The largest absolute Gasteiger partial charge is 0.386 e. The first kappa shape index (κ1) is 13.6. The molecule has 0 aliphatic rings. The molecular formula is C18H18N2O. The number of aliphatic hydroxyl groups is 1. The summed E-state index contributed by atoms with van der Waals surface area (Å²) in [4.78, 5) is 0. The molecule has 3 aromatic rings. The molecule has 106 valence electrons. The maximum absolute atomic E-state index is 10.7. The second-order valence-corrected chi connectivity index (χ2v) is 5.15. The zero-order valence-corrected chi connectivity index (χ0v) is 11.9. The van der Waals surface area contributed by atoms with E-state index >= 15 is 0 Å². The average molecular weight is 278 g/mol. The maximum atomic E-state index is 10.7. The number of hydrogen-bond donors (Lipinski definition) is 1. The molecule has 3 rings (SSSR count). The lowest BCUT2D eigenvalue weighted by molar-refractivity contribution is 0.144. The Morgan fingerprint density at radius 2 is 1.52 bits per heavy atom. The van der Waals surface area contributed by atoms with Crippen LogP contribution in [0.4, 0.5) is 0 Å². The average Bonchev–Trinajstić information content (AvgIpc) is 3.04. The number of para-hydroxylation sites is 1. The van der Waals surface area contributed by atoms with E-state index in [4.69, 9.17) is 0 Å². The standard InChI is InChI=1S/C18H18N2O/c1-14(15-8-4-2-5-9-15)18(21)17-12-13-19-20(17)16-10-6-3-7-11-16/h2-14,18,21H,1H3. The van der Waals surface area contributed by atoms with Gasteiger partial charge in [0.25, 0.3) is 0 Å². The molecule has 0 amide bonds. The predicted octanol–water partition coefficient (Wildman–Crippen LogP) is 3.71. The van der Waals surface area contributed by atoms with Crippen molar-refractivity contribution in [3.63, 3.8) is 0 Å². The molecule has 21 heavy (non-hydrogen) atoms. The van der Waals surface area contributed by atoms with Crippen molar-refractivity contribution in [1.29, 1.82) is 0 Å². The van der Waals surface area contributed by atoms with Gasteiger partial charge in [0.05, 0.1) is 11.4 Å². The molecule has 3 nitrogen and oxygen atoms in total. The van der Waals surface area contributed by atoms with E-state index in [1.54, 1.807) is 10.9 Å². The highest BCUT2D eigenvalue weighted by Crippen LogP contribution is 2.31. The topological polar surface area (TPSA) is 38.1 Å². The third-order valence-corrected chi connectivity index (χ3v) is 3.77. The monoisotopic (exact) mass is 278 g/mol. The van der Waals surface area contributed by atoms with Gasteiger partial charge in [-0.3, -0.25) is 0 Å². The number of rotatable bonds is 4. The molecule has 0 fully saturated rings. The summed E-state index contributed by atoms with van der Waals surface area (Å²) < 4.78 is 1.80. The van der Waals surface area contributed by atoms with Crippen molar-refractivity contribution < 1.29 is 5.11 Å². The summed E-state index contributed by atoms with van der Waals surface area (Å²) in [7, 11) is 0. The van der Waals surface area contributed by atoms with Gasteiger partial charge in [0.1, 0.15) is 6.10 Å². The van der Waals surface area contributed by atoms with E-state index in [2.05, 4.69) is 5.10 Å². The SMILES string of the molecule is CC(c1ccccc1)C(O)c1ccnn1-c1ccccc1. The van der Waals surface area contributed by atoms with Crippen molar-refractivity contribution in [2.24, 2.45) is 0 Å². The molecule has 3 heteroatoms. The van der Waals surface area contributed by atoms with Gasteiger partial charge in [-0.2, -0.15) is 5.10 Å². The fourth-order valence-electron chi connectivity index (χ4n) is 2.52. The molecule has 0 aliphatic heterocycles. The van der Waals surface area contributed by atoms with Crippen LogP contribution in [-0.4, -0.2) is 14.9 Å². The maximum Gasteiger partial charge on any atom is 0.103 e. The Morgan fingerprint density at radius 3 is 2.19 bits per heavy atom. The molecule has 0 saturated heterocycles. The zero-order valence-electron chi connectivity index (χ0n) is 11.9. The summed E-state index contributed by atoms with van der Waals surface area (Å²) >= 11 is 0. The quantitative estimate of drug-likeness (QED) is 0.790. The molecule has 0 aliphatic carbocycles. The number of nitrogens with zero attached hydrogens (tertiary/aromatic N) is 2. The van der Waals surface area contributed by atoms with Crippen molar-refractivity contribution in [2.75, 3.05) is 0 Å². The van der Waals surface area contributed by atoms with Gasteiger partial charge in [-0.05, 0) is 23.8 Å². The van der Waals surface area contributed by atoms with Crippen molar-refractivity contribution in [2.45, 2.75) is 18.9 Å². The third-order valence-electron chi connectivity index (χ3n) is 3.77. The van der Waals surface area contributed by atoms with Gasteiger partial charge >= 0.3 is 0 Å². The Hall–Kier alpha value is -2.39. The number of hydrogen-bond acceptors (Lipinski definition) is 2. The van der Waals surface area contributed by atoms with Crippen LogP contribution in [0.2, 0.25) is 0 Å². The highest BCUT2D eigenvalue weighted by atomic mass is 16.3. The summed E-state index contributed by atoms with van der Waals surface area (Å²) in [5.41, 5.74) is 2.88. The summed E-state index contributed by atoms with van der Waals surface area (Å²) in [6, 6.07) is 21.8. The zero-order chi connectivity index (χ0) is 14.7. The van der Waals surface area contributed by atoms with Crippen LogP contribution in [-0.2, 0) is 0 Å². The molecule has 0 radical (unpaired) electrons. The van der Waals surface area contributed by atoms with Gasteiger partial charge in [-0.15, -0.1) is 0 Å². The normalized spacial score (nSPS) is 13.8. The molecule has 0 bridgehead atoms.